The summed E-state index contributed by atoms with van der Waals surface area (Å²) in [7, 11) is 3.51. The number of halogens is 1. The molecule has 1 amide bonds. The number of carbonyl (C=O) groups is 1. The number of likely N-dealkylation sites (tertiary alicyclic amines) is 2. The number of aromatic nitrogens is 2. The van der Waals surface area contributed by atoms with Gasteiger partial charge in [-0.25, -0.2) is 4.39 Å². The largest absolute Gasteiger partial charge is 0.494 e. The fourth-order valence-corrected chi connectivity index (χ4v) is 4.70. The van der Waals surface area contributed by atoms with Gasteiger partial charge in [-0.1, -0.05) is 19.0 Å². The molecule has 0 N–H and O–H groups in total. The smallest absolute Gasteiger partial charge is 0.253 e. The molecule has 1 atom stereocenters. The molecular formula is C22H29FN4O3. The number of carbonyl (C=O) groups excluding carboxylic acids is 1. The maximum atomic E-state index is 14.0. The van der Waals surface area contributed by atoms with Crippen molar-refractivity contribution in [3.8, 4) is 5.75 Å². The highest BCUT2D eigenvalue weighted by Gasteiger charge is 2.46. The van der Waals surface area contributed by atoms with E-state index in [1.807, 2.05) is 18.7 Å². The highest BCUT2D eigenvalue weighted by atomic mass is 19.1. The van der Waals surface area contributed by atoms with Gasteiger partial charge in [0.05, 0.1) is 13.2 Å². The number of piperidine rings is 1. The molecule has 7 nitrogen and oxygen atoms in total. The van der Waals surface area contributed by atoms with E-state index >= 15 is 0 Å². The van der Waals surface area contributed by atoms with E-state index in [4.69, 9.17) is 9.26 Å². The predicted octanol–water partition coefficient (Wildman–Crippen LogP) is 3.64. The second-order valence-electron chi connectivity index (χ2n) is 8.92. The molecule has 2 aliphatic rings. The van der Waals surface area contributed by atoms with E-state index in [1.54, 1.807) is 6.07 Å². The van der Waals surface area contributed by atoms with Crippen molar-refractivity contribution in [2.24, 2.45) is 5.41 Å². The maximum Gasteiger partial charge on any atom is 0.253 e. The van der Waals surface area contributed by atoms with Crippen LogP contribution in [-0.4, -0.2) is 59.6 Å². The van der Waals surface area contributed by atoms with Crippen molar-refractivity contribution in [1.82, 2.24) is 19.9 Å². The van der Waals surface area contributed by atoms with Crippen LogP contribution in [0.4, 0.5) is 4.39 Å². The monoisotopic (exact) mass is 416 g/mol. The summed E-state index contributed by atoms with van der Waals surface area (Å²) in [6.07, 6.45) is 2.78. The summed E-state index contributed by atoms with van der Waals surface area (Å²) in [4.78, 5) is 21.6. The first-order valence-corrected chi connectivity index (χ1v) is 10.5. The Labute approximate surface area is 176 Å². The first kappa shape index (κ1) is 20.8. The first-order valence-electron chi connectivity index (χ1n) is 10.5. The molecule has 0 radical (unpaired) electrons. The van der Waals surface area contributed by atoms with Crippen LogP contribution in [0.15, 0.2) is 22.7 Å². The molecule has 162 valence electrons. The molecular weight excluding hydrogens is 387 g/mol. The molecule has 0 aliphatic carbocycles. The van der Waals surface area contributed by atoms with Gasteiger partial charge in [0.25, 0.3) is 5.91 Å². The Hall–Kier alpha value is -2.48. The zero-order valence-electron chi connectivity index (χ0n) is 18.0. The zero-order chi connectivity index (χ0) is 21.5. The molecule has 0 bridgehead atoms. The number of hydrogen-bond acceptors (Lipinski definition) is 6. The van der Waals surface area contributed by atoms with Crippen LogP contribution in [0.5, 0.6) is 5.75 Å². The van der Waals surface area contributed by atoms with Crippen LogP contribution in [0.1, 0.15) is 67.1 Å². The van der Waals surface area contributed by atoms with Crippen LogP contribution in [-0.2, 0) is 0 Å². The van der Waals surface area contributed by atoms with E-state index in [0.29, 0.717) is 24.5 Å². The molecule has 2 fully saturated rings. The lowest BCUT2D eigenvalue weighted by molar-refractivity contribution is 0.0592. The van der Waals surface area contributed by atoms with Crippen molar-refractivity contribution in [3.63, 3.8) is 0 Å². The second kappa shape index (κ2) is 7.98. The number of amides is 1. The summed E-state index contributed by atoms with van der Waals surface area (Å²) < 4.78 is 24.3. The van der Waals surface area contributed by atoms with E-state index in [0.717, 1.165) is 31.6 Å². The van der Waals surface area contributed by atoms with Crippen LogP contribution in [0, 0.1) is 11.2 Å². The minimum Gasteiger partial charge on any atom is -0.494 e. The number of nitrogens with zero attached hydrogens (tertiary/aromatic N) is 4. The third kappa shape index (κ3) is 3.80. The van der Waals surface area contributed by atoms with Crippen LogP contribution in [0.25, 0.3) is 0 Å². The Kier molecular flexibility index (Phi) is 5.53. The molecule has 1 unspecified atom stereocenters. The highest BCUT2D eigenvalue weighted by molar-refractivity contribution is 5.94. The van der Waals surface area contributed by atoms with Crippen LogP contribution in [0.3, 0.4) is 0 Å². The molecule has 8 heteroatoms. The Morgan fingerprint density at radius 1 is 1.33 bits per heavy atom. The molecule has 2 aliphatic heterocycles. The summed E-state index contributed by atoms with van der Waals surface area (Å²) in [5.74, 6) is 1.14. The SMILES string of the molecule is COc1ccc(C(=O)N2CCC3(CC2)CC(c2noc(C(C)C)n2)N(C)C3)cc1F. The number of hydrogen-bond donors (Lipinski definition) is 0. The molecule has 2 aromatic rings. The third-order valence-corrected chi connectivity index (χ3v) is 6.50. The minimum atomic E-state index is -0.516. The van der Waals surface area contributed by atoms with Crippen molar-refractivity contribution in [1.29, 1.82) is 0 Å². The number of methoxy groups -OCH3 is 1. The standard InChI is InChI=1S/C22H29FN4O3/c1-14(2)20-24-19(25-30-20)17-12-22(13-26(17)3)7-9-27(10-8-22)21(28)15-5-6-18(29-4)16(23)11-15/h5-6,11,14,17H,7-10,12-13H2,1-4H3. The van der Waals surface area contributed by atoms with Crippen molar-refractivity contribution in [2.75, 3.05) is 33.8 Å². The maximum absolute atomic E-state index is 14.0. The highest BCUT2D eigenvalue weighted by Crippen LogP contribution is 2.47. The summed E-state index contributed by atoms with van der Waals surface area (Å²) >= 11 is 0. The number of benzene rings is 1. The van der Waals surface area contributed by atoms with Crippen molar-refractivity contribution in [3.05, 3.63) is 41.3 Å². The van der Waals surface area contributed by atoms with E-state index in [9.17, 15) is 9.18 Å². The molecule has 0 saturated carbocycles. The quantitative estimate of drug-likeness (QED) is 0.758. The fraction of sp³-hybridized carbons (Fsp3) is 0.591. The molecule has 1 aromatic heterocycles. The summed E-state index contributed by atoms with van der Waals surface area (Å²) in [5.41, 5.74) is 0.499. The lowest BCUT2D eigenvalue weighted by atomic mass is 9.76. The lowest BCUT2D eigenvalue weighted by Gasteiger charge is -2.39. The Balaban J connectivity index is 1.41. The normalized spacial score (nSPS) is 21.5. The van der Waals surface area contributed by atoms with Gasteiger partial charge in [0.1, 0.15) is 0 Å². The average molecular weight is 416 g/mol. The van der Waals surface area contributed by atoms with Gasteiger partial charge in [0.15, 0.2) is 17.4 Å². The van der Waals surface area contributed by atoms with E-state index < -0.39 is 5.82 Å². The average Bonchev–Trinajstić information content (AvgIpc) is 3.33. The van der Waals surface area contributed by atoms with Gasteiger partial charge in [-0.2, -0.15) is 4.98 Å². The molecule has 3 heterocycles. The molecule has 1 spiro atoms. The first-order chi connectivity index (χ1) is 14.3. The van der Waals surface area contributed by atoms with E-state index in [1.165, 1.54) is 19.2 Å². The van der Waals surface area contributed by atoms with Crippen molar-refractivity contribution >= 4 is 5.91 Å². The zero-order valence-corrected chi connectivity index (χ0v) is 18.0. The van der Waals surface area contributed by atoms with Gasteiger partial charge in [0, 0.05) is 31.1 Å². The summed E-state index contributed by atoms with van der Waals surface area (Å²) in [5, 5.41) is 4.21. The molecule has 30 heavy (non-hydrogen) atoms. The van der Waals surface area contributed by atoms with Crippen LogP contribution in [0.2, 0.25) is 0 Å². The van der Waals surface area contributed by atoms with Crippen LogP contribution >= 0.6 is 0 Å². The second-order valence-corrected chi connectivity index (χ2v) is 8.92. The summed E-state index contributed by atoms with van der Waals surface area (Å²) in [6, 6.07) is 4.52. The topological polar surface area (TPSA) is 71.7 Å². The third-order valence-electron chi connectivity index (χ3n) is 6.50. The van der Waals surface area contributed by atoms with Gasteiger partial charge >= 0.3 is 0 Å². The Morgan fingerprint density at radius 3 is 2.67 bits per heavy atom. The molecule has 4 rings (SSSR count). The van der Waals surface area contributed by atoms with Crippen molar-refractivity contribution in [2.45, 2.75) is 45.1 Å². The molecule has 2 saturated heterocycles. The van der Waals surface area contributed by atoms with Gasteiger partial charge in [0.2, 0.25) is 5.89 Å². The van der Waals surface area contributed by atoms with E-state index in [2.05, 4.69) is 22.1 Å². The van der Waals surface area contributed by atoms with E-state index in [-0.39, 0.29) is 29.0 Å². The number of ether oxygens (including phenoxy) is 1. The Bertz CT molecular complexity index is 921. The van der Waals surface area contributed by atoms with Crippen molar-refractivity contribution < 1.29 is 18.4 Å². The van der Waals surface area contributed by atoms with Gasteiger partial charge in [-0.05, 0) is 49.9 Å². The lowest BCUT2D eigenvalue weighted by Crippen LogP contribution is -2.44. The predicted molar refractivity (Wildman–Crippen MR) is 109 cm³/mol. The van der Waals surface area contributed by atoms with Gasteiger partial charge in [-0.3, -0.25) is 9.69 Å². The van der Waals surface area contributed by atoms with Gasteiger partial charge in [-0.15, -0.1) is 0 Å². The fourth-order valence-electron chi connectivity index (χ4n) is 4.70. The Morgan fingerprint density at radius 2 is 2.07 bits per heavy atom. The minimum absolute atomic E-state index is 0.131. The summed E-state index contributed by atoms with van der Waals surface area (Å²) in [6.45, 7) is 6.35. The number of rotatable bonds is 4. The molecule has 1 aromatic carbocycles. The van der Waals surface area contributed by atoms with Crippen LogP contribution < -0.4 is 4.74 Å². The van der Waals surface area contributed by atoms with Gasteiger partial charge < -0.3 is 14.2 Å².